The largest absolute Gasteiger partial charge is 0.399 e. The van der Waals surface area contributed by atoms with E-state index in [2.05, 4.69) is 4.72 Å². The zero-order chi connectivity index (χ0) is 14.0. The van der Waals surface area contributed by atoms with E-state index in [-0.39, 0.29) is 4.90 Å². The summed E-state index contributed by atoms with van der Waals surface area (Å²) < 4.78 is 27.1. The Balaban J connectivity index is 2.22. The predicted molar refractivity (Wildman–Crippen MR) is 74.2 cm³/mol. The summed E-state index contributed by atoms with van der Waals surface area (Å²) in [6.07, 6.45) is 2.58. The fraction of sp³-hybridized carbons (Fsp3) is 0.538. The number of rotatable bonds is 3. The van der Waals surface area contributed by atoms with Crippen LogP contribution in [-0.2, 0) is 10.0 Å². The van der Waals surface area contributed by atoms with Crippen LogP contribution >= 0.6 is 0 Å². The monoisotopic (exact) mass is 284 g/mol. The van der Waals surface area contributed by atoms with Gasteiger partial charge in [-0.25, -0.2) is 13.1 Å². The molecule has 0 radical (unpaired) electrons. The van der Waals surface area contributed by atoms with Gasteiger partial charge < -0.3 is 10.8 Å². The molecule has 0 aliphatic heterocycles. The second kappa shape index (κ2) is 5.48. The lowest BCUT2D eigenvalue weighted by atomic mass is 9.93. The average molecular weight is 284 g/mol. The second-order valence-corrected chi connectivity index (χ2v) is 6.87. The van der Waals surface area contributed by atoms with Gasteiger partial charge in [0.1, 0.15) is 0 Å². The number of aliphatic hydroxyl groups is 1. The molecule has 19 heavy (non-hydrogen) atoms. The van der Waals surface area contributed by atoms with Crippen LogP contribution in [0.1, 0.15) is 31.2 Å². The maximum atomic E-state index is 12.3. The van der Waals surface area contributed by atoms with Crippen molar-refractivity contribution in [3.63, 3.8) is 0 Å². The Morgan fingerprint density at radius 2 is 1.95 bits per heavy atom. The van der Waals surface area contributed by atoms with Gasteiger partial charge in [0.05, 0.1) is 11.0 Å². The first kappa shape index (κ1) is 14.3. The van der Waals surface area contributed by atoms with Crippen LogP contribution in [0.2, 0.25) is 0 Å². The number of nitrogen functional groups attached to an aromatic ring is 1. The molecule has 6 heteroatoms. The number of nitrogens with one attached hydrogen (secondary N) is 1. The Morgan fingerprint density at radius 1 is 1.26 bits per heavy atom. The van der Waals surface area contributed by atoms with Crippen molar-refractivity contribution < 1.29 is 13.5 Å². The van der Waals surface area contributed by atoms with E-state index in [0.717, 1.165) is 18.4 Å². The average Bonchev–Trinajstić information content (AvgIpc) is 2.31. The molecule has 0 unspecified atom stereocenters. The summed E-state index contributed by atoms with van der Waals surface area (Å²) in [7, 11) is -3.63. The molecule has 2 rings (SSSR count). The third-order valence-corrected chi connectivity index (χ3v) is 4.89. The highest BCUT2D eigenvalue weighted by Gasteiger charge is 2.28. The number of aliphatic hydroxyl groups excluding tert-OH is 1. The van der Waals surface area contributed by atoms with E-state index in [1.165, 1.54) is 6.07 Å². The molecule has 1 saturated carbocycles. The smallest absolute Gasteiger partial charge is 0.240 e. The minimum absolute atomic E-state index is 0.155. The summed E-state index contributed by atoms with van der Waals surface area (Å²) in [4.78, 5) is 0.155. The van der Waals surface area contributed by atoms with Gasteiger partial charge in [-0.3, -0.25) is 0 Å². The molecule has 1 aromatic rings. The van der Waals surface area contributed by atoms with Crippen molar-refractivity contribution in [2.75, 3.05) is 5.73 Å². The Labute approximate surface area is 113 Å². The van der Waals surface area contributed by atoms with Crippen molar-refractivity contribution in [2.24, 2.45) is 0 Å². The first-order valence-corrected chi connectivity index (χ1v) is 7.94. The van der Waals surface area contributed by atoms with Crippen LogP contribution in [0.15, 0.2) is 23.1 Å². The summed E-state index contributed by atoms with van der Waals surface area (Å²) in [6.45, 7) is 1.80. The summed E-state index contributed by atoms with van der Waals surface area (Å²) >= 11 is 0. The lowest BCUT2D eigenvalue weighted by Gasteiger charge is -2.28. The third-order valence-electron chi connectivity index (χ3n) is 3.42. The molecule has 0 spiro atoms. The number of anilines is 1. The third kappa shape index (κ3) is 3.46. The van der Waals surface area contributed by atoms with Crippen LogP contribution in [-0.4, -0.2) is 25.7 Å². The van der Waals surface area contributed by atoms with Crippen LogP contribution in [0.5, 0.6) is 0 Å². The highest BCUT2D eigenvalue weighted by atomic mass is 32.2. The summed E-state index contributed by atoms with van der Waals surface area (Å²) in [6, 6.07) is 4.33. The number of sulfonamides is 1. The molecule has 4 N–H and O–H groups in total. The molecule has 0 bridgehead atoms. The zero-order valence-corrected chi connectivity index (χ0v) is 11.8. The number of benzene rings is 1. The maximum absolute atomic E-state index is 12.3. The number of nitrogens with two attached hydrogens (primary N) is 1. The van der Waals surface area contributed by atoms with Gasteiger partial charge >= 0.3 is 0 Å². The van der Waals surface area contributed by atoms with Gasteiger partial charge in [-0.1, -0.05) is 12.8 Å². The van der Waals surface area contributed by atoms with Gasteiger partial charge in [0.25, 0.3) is 0 Å². The van der Waals surface area contributed by atoms with Crippen LogP contribution in [0.4, 0.5) is 5.69 Å². The molecule has 5 nitrogen and oxygen atoms in total. The SMILES string of the molecule is Cc1cc(N)cc(S(=O)(=O)N[C@H]2CCCC[C@@H]2O)c1. The lowest BCUT2D eigenvalue weighted by molar-refractivity contribution is 0.101. The topological polar surface area (TPSA) is 92.4 Å². The van der Waals surface area contributed by atoms with Crippen molar-refractivity contribution in [1.82, 2.24) is 4.72 Å². The van der Waals surface area contributed by atoms with Crippen molar-refractivity contribution in [2.45, 2.75) is 49.6 Å². The van der Waals surface area contributed by atoms with Crippen molar-refractivity contribution in [3.05, 3.63) is 23.8 Å². The summed E-state index contributed by atoms with van der Waals surface area (Å²) in [5.74, 6) is 0. The van der Waals surface area contributed by atoms with Gasteiger partial charge in [-0.15, -0.1) is 0 Å². The Kier molecular flexibility index (Phi) is 4.13. The van der Waals surface area contributed by atoms with Crippen LogP contribution in [0.25, 0.3) is 0 Å². The molecule has 1 aliphatic carbocycles. The fourth-order valence-electron chi connectivity index (χ4n) is 2.45. The van der Waals surface area contributed by atoms with E-state index in [0.29, 0.717) is 18.5 Å². The quantitative estimate of drug-likeness (QED) is 0.726. The molecule has 0 heterocycles. The van der Waals surface area contributed by atoms with Gasteiger partial charge in [0.2, 0.25) is 10.0 Å². The first-order valence-electron chi connectivity index (χ1n) is 6.46. The Morgan fingerprint density at radius 3 is 2.58 bits per heavy atom. The van der Waals surface area contributed by atoms with E-state index >= 15 is 0 Å². The molecule has 0 amide bonds. The standard InChI is InChI=1S/C13H20N2O3S/c1-9-6-10(14)8-11(7-9)19(17,18)15-12-4-2-3-5-13(12)16/h6-8,12-13,15-16H,2-5,14H2,1H3/t12-,13-/m0/s1. The van der Waals surface area contributed by atoms with Gasteiger partial charge in [-0.2, -0.15) is 0 Å². The lowest BCUT2D eigenvalue weighted by Crippen LogP contribution is -2.44. The molecule has 0 saturated heterocycles. The molecule has 1 aliphatic rings. The van der Waals surface area contributed by atoms with Crippen molar-refractivity contribution >= 4 is 15.7 Å². The minimum atomic E-state index is -3.63. The van der Waals surface area contributed by atoms with Crippen LogP contribution in [0, 0.1) is 6.92 Å². The van der Waals surface area contributed by atoms with Gasteiger partial charge in [0.15, 0.2) is 0 Å². The summed E-state index contributed by atoms with van der Waals surface area (Å²) in [5.41, 5.74) is 6.89. The second-order valence-electron chi connectivity index (χ2n) is 5.16. The van der Waals surface area contributed by atoms with E-state index in [4.69, 9.17) is 5.73 Å². The number of hydrogen-bond donors (Lipinski definition) is 3. The van der Waals surface area contributed by atoms with Crippen LogP contribution in [0.3, 0.4) is 0 Å². The number of hydrogen-bond acceptors (Lipinski definition) is 4. The molecule has 2 atom stereocenters. The van der Waals surface area contributed by atoms with E-state index in [1.54, 1.807) is 19.1 Å². The molecule has 1 aromatic carbocycles. The Bertz CT molecular complexity index is 537. The van der Waals surface area contributed by atoms with Gasteiger partial charge in [-0.05, 0) is 43.5 Å². The molecular weight excluding hydrogens is 264 g/mol. The minimum Gasteiger partial charge on any atom is -0.399 e. The Hall–Kier alpha value is -1.11. The zero-order valence-electron chi connectivity index (χ0n) is 11.0. The van der Waals surface area contributed by atoms with E-state index < -0.39 is 22.2 Å². The van der Waals surface area contributed by atoms with E-state index in [1.807, 2.05) is 0 Å². The normalized spacial score (nSPS) is 24.3. The van der Waals surface area contributed by atoms with Gasteiger partial charge in [0, 0.05) is 11.7 Å². The molecule has 1 fully saturated rings. The highest BCUT2D eigenvalue weighted by Crippen LogP contribution is 2.22. The number of aryl methyl sites for hydroxylation is 1. The fourth-order valence-corrected chi connectivity index (χ4v) is 3.89. The predicted octanol–water partition coefficient (Wildman–Crippen LogP) is 1.16. The van der Waals surface area contributed by atoms with E-state index in [9.17, 15) is 13.5 Å². The molecule has 106 valence electrons. The molecular formula is C13H20N2O3S. The van der Waals surface area contributed by atoms with Crippen molar-refractivity contribution in [3.8, 4) is 0 Å². The highest BCUT2D eigenvalue weighted by molar-refractivity contribution is 7.89. The van der Waals surface area contributed by atoms with Crippen molar-refractivity contribution in [1.29, 1.82) is 0 Å². The molecule has 0 aromatic heterocycles. The first-order chi connectivity index (χ1) is 8.88. The maximum Gasteiger partial charge on any atom is 0.240 e. The summed E-state index contributed by atoms with van der Waals surface area (Å²) in [5, 5.41) is 9.84. The van der Waals surface area contributed by atoms with Crippen LogP contribution < -0.4 is 10.5 Å².